The van der Waals surface area contributed by atoms with Crippen LogP contribution in [0.1, 0.15) is 32.7 Å². The molecule has 0 saturated carbocycles. The summed E-state index contributed by atoms with van der Waals surface area (Å²) < 4.78 is 15.7. The number of carbonyl (C=O) groups is 2. The van der Waals surface area contributed by atoms with Crippen molar-refractivity contribution in [1.82, 2.24) is 5.43 Å². The average molecular weight is 354 g/mol. The second-order valence-corrected chi connectivity index (χ2v) is 5.56. The van der Waals surface area contributed by atoms with Gasteiger partial charge in [0.05, 0.1) is 33.5 Å². The van der Waals surface area contributed by atoms with E-state index < -0.39 is 5.91 Å². The summed E-state index contributed by atoms with van der Waals surface area (Å²) in [4.78, 5) is 24.5. The lowest BCUT2D eigenvalue weighted by molar-refractivity contribution is 0.0951. The van der Waals surface area contributed by atoms with E-state index in [-0.39, 0.29) is 12.2 Å². The summed E-state index contributed by atoms with van der Waals surface area (Å²) in [5.41, 5.74) is 4.67. The zero-order valence-corrected chi connectivity index (χ0v) is 14.7. The molecule has 1 N–H and O–H groups in total. The minimum atomic E-state index is -0.450. The molecule has 0 radical (unpaired) electrons. The number of carbonyl (C=O) groups excluding carboxylic acids is 2. The molecule has 134 valence electrons. The molecule has 26 heavy (non-hydrogen) atoms. The number of hydrazone groups is 1. The number of rotatable bonds is 5. The number of amides is 1. The van der Waals surface area contributed by atoms with Crippen molar-refractivity contribution in [2.24, 2.45) is 5.10 Å². The van der Waals surface area contributed by atoms with E-state index in [1.807, 2.05) is 12.1 Å². The number of nitrogens with zero attached hydrogens (tertiary/aromatic N) is 1. The van der Waals surface area contributed by atoms with Gasteiger partial charge in [0.15, 0.2) is 17.3 Å². The molecule has 0 atom stereocenters. The molecule has 0 unspecified atom stereocenters. The number of nitrogens with one attached hydrogen (secondary N) is 1. The van der Waals surface area contributed by atoms with Gasteiger partial charge in [-0.3, -0.25) is 9.59 Å². The number of hydrogen-bond donors (Lipinski definition) is 1. The molecule has 0 bridgehead atoms. The topological polar surface area (TPSA) is 86.2 Å². The van der Waals surface area contributed by atoms with E-state index in [0.717, 1.165) is 5.56 Å². The van der Waals surface area contributed by atoms with Gasteiger partial charge in [0.1, 0.15) is 0 Å². The van der Waals surface area contributed by atoms with Crippen molar-refractivity contribution in [2.75, 3.05) is 21.3 Å². The van der Waals surface area contributed by atoms with Gasteiger partial charge in [0, 0.05) is 16.7 Å². The maximum atomic E-state index is 12.5. The van der Waals surface area contributed by atoms with Crippen LogP contribution in [0.4, 0.5) is 0 Å². The van der Waals surface area contributed by atoms with E-state index in [2.05, 4.69) is 10.5 Å². The van der Waals surface area contributed by atoms with E-state index in [1.165, 1.54) is 33.5 Å². The fourth-order valence-corrected chi connectivity index (χ4v) is 2.82. The van der Waals surface area contributed by atoms with Crippen molar-refractivity contribution >= 4 is 17.4 Å². The zero-order valence-electron chi connectivity index (χ0n) is 14.7. The Labute approximate surface area is 150 Å². The van der Waals surface area contributed by atoms with Gasteiger partial charge in [-0.2, -0.15) is 5.10 Å². The number of fused-ring (bicyclic) bond motifs is 1. The molecule has 2 aromatic rings. The van der Waals surface area contributed by atoms with Crippen LogP contribution in [0.25, 0.3) is 0 Å². The van der Waals surface area contributed by atoms with Crippen molar-refractivity contribution in [3.63, 3.8) is 0 Å². The maximum absolute atomic E-state index is 12.5. The van der Waals surface area contributed by atoms with Gasteiger partial charge in [-0.15, -0.1) is 0 Å². The average Bonchev–Trinajstić information content (AvgIpc) is 3.00. The highest BCUT2D eigenvalue weighted by Gasteiger charge is 2.25. The van der Waals surface area contributed by atoms with Gasteiger partial charge in [-0.05, 0) is 12.1 Å². The minimum absolute atomic E-state index is 0.0126. The third-order valence-corrected chi connectivity index (χ3v) is 4.09. The highest BCUT2D eigenvalue weighted by molar-refractivity contribution is 6.26. The third kappa shape index (κ3) is 3.11. The first-order valence-electron chi connectivity index (χ1n) is 7.88. The molecule has 0 fully saturated rings. The summed E-state index contributed by atoms with van der Waals surface area (Å²) in [5.74, 6) is 0.667. The van der Waals surface area contributed by atoms with Crippen LogP contribution in [0.15, 0.2) is 41.5 Å². The molecular formula is C19H18N2O5. The van der Waals surface area contributed by atoms with Crippen LogP contribution >= 0.6 is 0 Å². The predicted molar refractivity (Wildman–Crippen MR) is 95.5 cm³/mol. The molecule has 3 rings (SSSR count). The minimum Gasteiger partial charge on any atom is -0.493 e. The Morgan fingerprint density at radius 2 is 1.62 bits per heavy atom. The van der Waals surface area contributed by atoms with Crippen LogP contribution < -0.4 is 19.6 Å². The monoisotopic (exact) mass is 354 g/mol. The molecule has 2 aromatic carbocycles. The lowest BCUT2D eigenvalue weighted by Gasteiger charge is -2.13. The van der Waals surface area contributed by atoms with Crippen molar-refractivity contribution in [1.29, 1.82) is 0 Å². The van der Waals surface area contributed by atoms with E-state index in [9.17, 15) is 9.59 Å². The molecule has 0 aromatic heterocycles. The molecule has 1 aliphatic carbocycles. The van der Waals surface area contributed by atoms with Gasteiger partial charge in [-0.25, -0.2) is 5.43 Å². The van der Waals surface area contributed by atoms with E-state index in [0.29, 0.717) is 34.1 Å². The van der Waals surface area contributed by atoms with Crippen LogP contribution in [0.5, 0.6) is 17.2 Å². The number of Topliss-reactive ketones (excluding diaryl/α,β-unsaturated/α-hetero) is 1. The summed E-state index contributed by atoms with van der Waals surface area (Å²) >= 11 is 0. The lowest BCUT2D eigenvalue weighted by Crippen LogP contribution is -2.20. The van der Waals surface area contributed by atoms with Gasteiger partial charge in [-0.1, -0.05) is 24.3 Å². The normalized spacial score (nSPS) is 14.1. The first-order chi connectivity index (χ1) is 12.6. The first-order valence-corrected chi connectivity index (χ1v) is 7.88. The largest absolute Gasteiger partial charge is 0.493 e. The first kappa shape index (κ1) is 17.5. The molecular weight excluding hydrogens is 336 g/mol. The van der Waals surface area contributed by atoms with E-state index in [1.54, 1.807) is 12.1 Å². The maximum Gasteiger partial charge on any atom is 0.271 e. The fourth-order valence-electron chi connectivity index (χ4n) is 2.82. The second-order valence-electron chi connectivity index (χ2n) is 5.56. The molecule has 0 saturated heterocycles. The zero-order chi connectivity index (χ0) is 18.7. The summed E-state index contributed by atoms with van der Waals surface area (Å²) in [6, 6.07) is 10.3. The van der Waals surface area contributed by atoms with E-state index >= 15 is 0 Å². The van der Waals surface area contributed by atoms with E-state index in [4.69, 9.17) is 14.2 Å². The molecule has 1 aliphatic rings. The Hall–Kier alpha value is -3.35. The van der Waals surface area contributed by atoms with Gasteiger partial charge in [0.25, 0.3) is 5.91 Å². The Kier molecular flexibility index (Phi) is 4.88. The Bertz CT molecular complexity index is 880. The van der Waals surface area contributed by atoms with Crippen molar-refractivity contribution in [2.45, 2.75) is 6.42 Å². The highest BCUT2D eigenvalue weighted by Crippen LogP contribution is 2.38. The third-order valence-electron chi connectivity index (χ3n) is 4.09. The summed E-state index contributed by atoms with van der Waals surface area (Å²) in [7, 11) is 4.43. The molecule has 0 spiro atoms. The number of benzene rings is 2. The molecule has 7 heteroatoms. The van der Waals surface area contributed by atoms with Crippen LogP contribution in [0.2, 0.25) is 0 Å². The predicted octanol–water partition coefficient (Wildman–Crippen LogP) is 2.43. The molecule has 7 nitrogen and oxygen atoms in total. The van der Waals surface area contributed by atoms with Crippen LogP contribution in [-0.4, -0.2) is 38.7 Å². The number of ketones is 1. The van der Waals surface area contributed by atoms with Crippen LogP contribution in [0, 0.1) is 0 Å². The lowest BCUT2D eigenvalue weighted by atomic mass is 10.1. The quantitative estimate of drug-likeness (QED) is 0.834. The van der Waals surface area contributed by atoms with Crippen LogP contribution in [-0.2, 0) is 0 Å². The standard InChI is InChI=1S/C19H18N2O5/c1-24-16-8-11(9-17(25-2)18(16)26-3)19(23)21-20-14-10-15(22)13-7-5-4-6-12(13)14/h4-9H,10H2,1-3H3,(H,21,23). The Balaban J connectivity index is 1.87. The van der Waals surface area contributed by atoms with Crippen molar-refractivity contribution in [3.05, 3.63) is 53.1 Å². The van der Waals surface area contributed by atoms with Crippen molar-refractivity contribution in [3.8, 4) is 17.2 Å². The molecule has 0 heterocycles. The fraction of sp³-hybridized carbons (Fsp3) is 0.211. The van der Waals surface area contributed by atoms with Gasteiger partial charge >= 0.3 is 0 Å². The Morgan fingerprint density at radius 1 is 1.00 bits per heavy atom. The number of hydrogen-bond acceptors (Lipinski definition) is 6. The molecule has 1 amide bonds. The number of ether oxygens (including phenoxy) is 3. The summed E-state index contributed by atoms with van der Waals surface area (Å²) in [6.45, 7) is 0. The summed E-state index contributed by atoms with van der Waals surface area (Å²) in [5, 5.41) is 4.13. The Morgan fingerprint density at radius 3 is 2.19 bits per heavy atom. The van der Waals surface area contributed by atoms with Gasteiger partial charge < -0.3 is 14.2 Å². The SMILES string of the molecule is COc1cc(C(=O)NN=C2CC(=O)c3ccccc32)cc(OC)c1OC. The van der Waals surface area contributed by atoms with Gasteiger partial charge in [0.2, 0.25) is 5.75 Å². The molecule has 0 aliphatic heterocycles. The second kappa shape index (κ2) is 7.26. The van der Waals surface area contributed by atoms with Crippen molar-refractivity contribution < 1.29 is 23.8 Å². The van der Waals surface area contributed by atoms with Crippen LogP contribution in [0.3, 0.4) is 0 Å². The number of methoxy groups -OCH3 is 3. The smallest absolute Gasteiger partial charge is 0.271 e. The highest BCUT2D eigenvalue weighted by atomic mass is 16.5. The summed E-state index contributed by atoms with van der Waals surface area (Å²) in [6.07, 6.45) is 0.162.